The van der Waals surface area contributed by atoms with Gasteiger partial charge < -0.3 is 20.7 Å². The van der Waals surface area contributed by atoms with Crippen LogP contribution in [-0.2, 0) is 4.74 Å². The second-order valence-corrected chi connectivity index (χ2v) is 5.18. The third kappa shape index (κ3) is 2.69. The second-order valence-electron chi connectivity index (χ2n) is 5.18. The minimum Gasteiger partial charge on any atom is -0.390 e. The second kappa shape index (κ2) is 5.55. The zero-order chi connectivity index (χ0) is 15.8. The van der Waals surface area contributed by atoms with Gasteiger partial charge in [-0.3, -0.25) is 4.57 Å². The Kier molecular flexibility index (Phi) is 4.13. The molecule has 0 amide bonds. The molecule has 1 unspecified atom stereocenters. The molecular weight excluding hydrogens is 281 g/mol. The van der Waals surface area contributed by atoms with Crippen molar-refractivity contribution in [2.24, 2.45) is 0 Å². The van der Waals surface area contributed by atoms with E-state index < -0.39 is 35.9 Å². The van der Waals surface area contributed by atoms with Gasteiger partial charge >= 0.3 is 5.69 Å². The number of alkyl halides is 1. The van der Waals surface area contributed by atoms with Gasteiger partial charge in [0.05, 0.1) is 6.10 Å². The summed E-state index contributed by atoms with van der Waals surface area (Å²) in [6.07, 6.45) is -2.51. The Balaban J connectivity index is 2.36. The van der Waals surface area contributed by atoms with Gasteiger partial charge in [0, 0.05) is 6.20 Å². The number of hydrogen-bond donors (Lipinski definition) is 3. The van der Waals surface area contributed by atoms with Crippen LogP contribution in [0.15, 0.2) is 29.7 Å². The molecule has 2 rings (SSSR count). The van der Waals surface area contributed by atoms with Crippen LogP contribution in [0.25, 0.3) is 0 Å². The van der Waals surface area contributed by atoms with Crippen molar-refractivity contribution >= 4 is 5.82 Å². The molecule has 0 bridgehead atoms. The van der Waals surface area contributed by atoms with Crippen molar-refractivity contribution in [1.82, 2.24) is 9.55 Å². The Hall–Kier alpha value is -1.77. The van der Waals surface area contributed by atoms with E-state index in [1.807, 2.05) is 0 Å². The van der Waals surface area contributed by atoms with Crippen molar-refractivity contribution in [1.29, 1.82) is 0 Å². The topological polar surface area (TPSA) is 111 Å². The van der Waals surface area contributed by atoms with Crippen LogP contribution in [0.2, 0.25) is 0 Å². The SMILES string of the molecule is C=CCC(O)[C@H]1O[C@@H](n2ccc(N)nc2=O)[C@](C)(F)[C@@H]1O. The number of halogens is 1. The molecule has 1 aliphatic rings. The van der Waals surface area contributed by atoms with Crippen LogP contribution in [0.4, 0.5) is 10.2 Å². The monoisotopic (exact) mass is 299 g/mol. The summed E-state index contributed by atoms with van der Waals surface area (Å²) in [5, 5.41) is 19.9. The molecule has 0 aliphatic carbocycles. The van der Waals surface area contributed by atoms with Crippen LogP contribution in [0, 0.1) is 0 Å². The summed E-state index contributed by atoms with van der Waals surface area (Å²) in [7, 11) is 0. The van der Waals surface area contributed by atoms with Crippen molar-refractivity contribution in [3.05, 3.63) is 35.4 Å². The molecule has 4 N–H and O–H groups in total. The van der Waals surface area contributed by atoms with Crippen molar-refractivity contribution in [3.63, 3.8) is 0 Å². The molecule has 0 aromatic carbocycles. The number of aliphatic hydroxyl groups is 2. The average Bonchev–Trinajstić information content (AvgIpc) is 2.62. The maximum Gasteiger partial charge on any atom is 0.351 e. The van der Waals surface area contributed by atoms with Crippen molar-refractivity contribution < 1.29 is 19.3 Å². The fraction of sp³-hybridized carbons (Fsp3) is 0.538. The molecule has 2 heterocycles. The molecule has 1 aromatic heterocycles. The Morgan fingerprint density at radius 2 is 2.43 bits per heavy atom. The van der Waals surface area contributed by atoms with Crippen LogP contribution in [0.3, 0.4) is 0 Å². The molecule has 0 saturated carbocycles. The van der Waals surface area contributed by atoms with Gasteiger partial charge in [-0.15, -0.1) is 6.58 Å². The lowest BCUT2D eigenvalue weighted by molar-refractivity contribution is -0.0864. The van der Waals surface area contributed by atoms with E-state index in [-0.39, 0.29) is 12.2 Å². The smallest absolute Gasteiger partial charge is 0.351 e. The third-order valence-corrected chi connectivity index (χ3v) is 3.55. The summed E-state index contributed by atoms with van der Waals surface area (Å²) in [5.41, 5.74) is 2.31. The number of hydrogen-bond acceptors (Lipinski definition) is 6. The molecule has 0 radical (unpaired) electrons. The standard InChI is InChI=1S/C13H18FN3O4/c1-3-4-7(18)9-10(19)13(2,14)11(21-9)17-6-5-8(15)16-12(17)20/h3,5-7,9-11,18-19H,1,4H2,2H3,(H2,15,16,20)/t7?,9-,10-,11-,13-/m1/s1. The first kappa shape index (κ1) is 15.6. The molecular formula is C13H18FN3O4. The number of nitrogens with zero attached hydrogens (tertiary/aromatic N) is 2. The number of anilines is 1. The molecule has 1 aliphatic heterocycles. The predicted octanol–water partition coefficient (Wildman–Crippen LogP) is -0.251. The van der Waals surface area contributed by atoms with Gasteiger partial charge in [0.15, 0.2) is 11.9 Å². The first-order chi connectivity index (χ1) is 9.78. The van der Waals surface area contributed by atoms with Crippen molar-refractivity contribution in [2.45, 2.75) is 43.6 Å². The highest BCUT2D eigenvalue weighted by Crippen LogP contribution is 2.42. The number of aliphatic hydroxyl groups excluding tert-OH is 2. The quantitative estimate of drug-likeness (QED) is 0.661. The highest BCUT2D eigenvalue weighted by molar-refractivity contribution is 5.24. The highest BCUT2D eigenvalue weighted by atomic mass is 19.1. The lowest BCUT2D eigenvalue weighted by Crippen LogP contribution is -2.44. The van der Waals surface area contributed by atoms with Gasteiger partial charge in [-0.2, -0.15) is 4.98 Å². The van der Waals surface area contributed by atoms with Crippen LogP contribution in [0.1, 0.15) is 19.6 Å². The van der Waals surface area contributed by atoms with Gasteiger partial charge in [-0.1, -0.05) is 6.08 Å². The van der Waals surface area contributed by atoms with E-state index in [9.17, 15) is 19.4 Å². The highest BCUT2D eigenvalue weighted by Gasteiger charge is 2.56. The molecule has 0 spiro atoms. The Morgan fingerprint density at radius 3 is 3.00 bits per heavy atom. The summed E-state index contributed by atoms with van der Waals surface area (Å²) in [6, 6.07) is 1.32. The predicted molar refractivity (Wildman–Crippen MR) is 73.2 cm³/mol. The van der Waals surface area contributed by atoms with Crippen LogP contribution in [0.5, 0.6) is 0 Å². The molecule has 116 valence electrons. The zero-order valence-electron chi connectivity index (χ0n) is 11.5. The first-order valence-corrected chi connectivity index (χ1v) is 6.45. The average molecular weight is 299 g/mol. The molecule has 8 heteroatoms. The Labute approximate surface area is 120 Å². The summed E-state index contributed by atoms with van der Waals surface area (Å²) in [4.78, 5) is 15.3. The number of ether oxygens (including phenoxy) is 1. The van der Waals surface area contributed by atoms with E-state index >= 15 is 0 Å². The fourth-order valence-corrected chi connectivity index (χ4v) is 2.37. The summed E-state index contributed by atoms with van der Waals surface area (Å²) in [6.45, 7) is 4.57. The van der Waals surface area contributed by atoms with E-state index in [1.165, 1.54) is 18.3 Å². The minimum absolute atomic E-state index is 0.00130. The molecule has 7 nitrogen and oxygen atoms in total. The number of rotatable bonds is 4. The maximum atomic E-state index is 14.8. The molecule has 21 heavy (non-hydrogen) atoms. The molecule has 1 saturated heterocycles. The zero-order valence-corrected chi connectivity index (χ0v) is 11.5. The Bertz CT molecular complexity index is 589. The molecule has 1 fully saturated rings. The molecule has 5 atom stereocenters. The van der Waals surface area contributed by atoms with E-state index in [4.69, 9.17) is 10.5 Å². The lowest BCUT2D eigenvalue weighted by atomic mass is 9.94. The third-order valence-electron chi connectivity index (χ3n) is 3.55. The van der Waals surface area contributed by atoms with Crippen molar-refractivity contribution in [3.8, 4) is 0 Å². The van der Waals surface area contributed by atoms with Gasteiger partial charge in [0.2, 0.25) is 0 Å². The summed E-state index contributed by atoms with van der Waals surface area (Å²) >= 11 is 0. The van der Waals surface area contributed by atoms with E-state index in [2.05, 4.69) is 11.6 Å². The Morgan fingerprint density at radius 1 is 1.76 bits per heavy atom. The first-order valence-electron chi connectivity index (χ1n) is 6.45. The molecule has 1 aromatic rings. The van der Waals surface area contributed by atoms with E-state index in [0.29, 0.717) is 0 Å². The minimum atomic E-state index is -2.27. The summed E-state index contributed by atoms with van der Waals surface area (Å²) in [5.74, 6) is -0.00130. The van der Waals surface area contributed by atoms with Crippen LogP contribution in [-0.4, -0.2) is 43.7 Å². The van der Waals surface area contributed by atoms with Crippen molar-refractivity contribution in [2.75, 3.05) is 5.73 Å². The van der Waals surface area contributed by atoms with Gasteiger partial charge in [0.25, 0.3) is 0 Å². The van der Waals surface area contributed by atoms with Crippen LogP contribution >= 0.6 is 0 Å². The van der Waals surface area contributed by atoms with Gasteiger partial charge in [-0.05, 0) is 19.4 Å². The maximum absolute atomic E-state index is 14.8. The normalized spacial score (nSPS) is 33.8. The summed E-state index contributed by atoms with van der Waals surface area (Å²) < 4.78 is 21.0. The van der Waals surface area contributed by atoms with E-state index in [1.54, 1.807) is 0 Å². The largest absolute Gasteiger partial charge is 0.390 e. The van der Waals surface area contributed by atoms with Gasteiger partial charge in [-0.25, -0.2) is 9.18 Å². The number of nitrogen functional groups attached to an aromatic ring is 1. The lowest BCUT2D eigenvalue weighted by Gasteiger charge is -2.24. The van der Waals surface area contributed by atoms with E-state index in [0.717, 1.165) is 11.5 Å². The number of nitrogens with two attached hydrogens (primary N) is 1. The number of aromatic nitrogens is 2. The fourth-order valence-electron chi connectivity index (χ4n) is 2.37. The van der Waals surface area contributed by atoms with Crippen LogP contribution < -0.4 is 11.4 Å². The van der Waals surface area contributed by atoms with Gasteiger partial charge in [0.1, 0.15) is 18.0 Å².